The maximum atomic E-state index is 12.4. The Hall–Kier alpha value is -2.32. The summed E-state index contributed by atoms with van der Waals surface area (Å²) >= 11 is 0. The number of nitrogens with zero attached hydrogens (tertiary/aromatic N) is 2. The van der Waals surface area contributed by atoms with E-state index in [-0.39, 0.29) is 35.5 Å². The first-order valence-electron chi connectivity index (χ1n) is 7.68. The molecule has 0 unspecified atom stereocenters. The molecule has 132 valence electrons. The van der Waals surface area contributed by atoms with E-state index in [9.17, 15) is 19.8 Å². The van der Waals surface area contributed by atoms with Gasteiger partial charge in [0.05, 0.1) is 13.2 Å². The van der Waals surface area contributed by atoms with E-state index < -0.39 is 0 Å². The van der Waals surface area contributed by atoms with Crippen LogP contribution in [0, 0.1) is 0 Å². The van der Waals surface area contributed by atoms with Crippen LogP contribution in [0.25, 0.3) is 0 Å². The molecule has 0 aliphatic carbocycles. The predicted octanol–water partition coefficient (Wildman–Crippen LogP) is 0.0452. The van der Waals surface area contributed by atoms with Crippen LogP contribution < -0.4 is 0 Å². The van der Waals surface area contributed by atoms with E-state index in [2.05, 4.69) is 0 Å². The van der Waals surface area contributed by atoms with E-state index in [1.807, 2.05) is 0 Å². The Labute approximate surface area is 140 Å². The minimum atomic E-state index is -0.287. The molecule has 0 bridgehead atoms. The number of ether oxygens (including phenoxy) is 2. The highest BCUT2D eigenvalue weighted by atomic mass is 16.5. The SMILES string of the molecule is COCCOCC(=O)N1CCN(C(=O)c2cc(O)cc(O)c2)CC1. The molecule has 2 N–H and O–H groups in total. The molecule has 0 spiro atoms. The van der Waals surface area contributed by atoms with Gasteiger partial charge >= 0.3 is 0 Å². The van der Waals surface area contributed by atoms with Gasteiger partial charge in [-0.15, -0.1) is 0 Å². The summed E-state index contributed by atoms with van der Waals surface area (Å²) in [5, 5.41) is 18.9. The van der Waals surface area contributed by atoms with Crippen molar-refractivity contribution in [1.82, 2.24) is 9.80 Å². The molecular weight excluding hydrogens is 316 g/mol. The molecule has 0 radical (unpaired) electrons. The fraction of sp³-hybridized carbons (Fsp3) is 0.500. The van der Waals surface area contributed by atoms with Crippen molar-refractivity contribution in [2.45, 2.75) is 0 Å². The van der Waals surface area contributed by atoms with Crippen LogP contribution in [0.3, 0.4) is 0 Å². The monoisotopic (exact) mass is 338 g/mol. The summed E-state index contributed by atoms with van der Waals surface area (Å²) in [7, 11) is 1.56. The van der Waals surface area contributed by atoms with Crippen LogP contribution >= 0.6 is 0 Å². The fourth-order valence-electron chi connectivity index (χ4n) is 2.45. The summed E-state index contributed by atoms with van der Waals surface area (Å²) in [6.07, 6.45) is 0. The van der Waals surface area contributed by atoms with E-state index in [1.54, 1.807) is 16.9 Å². The van der Waals surface area contributed by atoms with E-state index >= 15 is 0 Å². The number of amides is 2. The first-order valence-corrected chi connectivity index (χ1v) is 7.68. The minimum Gasteiger partial charge on any atom is -0.508 e. The average Bonchev–Trinajstić information content (AvgIpc) is 2.57. The Morgan fingerprint density at radius 2 is 1.58 bits per heavy atom. The number of phenols is 2. The summed E-state index contributed by atoms with van der Waals surface area (Å²) in [5.74, 6) is -0.737. The Balaban J connectivity index is 1.83. The lowest BCUT2D eigenvalue weighted by Gasteiger charge is -2.34. The lowest BCUT2D eigenvalue weighted by atomic mass is 10.1. The van der Waals surface area contributed by atoms with Crippen molar-refractivity contribution >= 4 is 11.8 Å². The molecule has 8 heteroatoms. The number of hydrogen-bond acceptors (Lipinski definition) is 6. The molecule has 0 atom stereocenters. The third kappa shape index (κ3) is 4.84. The minimum absolute atomic E-state index is 0.00225. The standard InChI is InChI=1S/C16H22N2O6/c1-23-6-7-24-11-15(21)17-2-4-18(5-3-17)16(22)12-8-13(19)10-14(20)9-12/h8-10,19-20H,2-7,11H2,1H3. The van der Waals surface area contributed by atoms with Gasteiger partial charge in [-0.3, -0.25) is 9.59 Å². The summed E-state index contributed by atoms with van der Waals surface area (Å²) in [4.78, 5) is 27.6. The topological polar surface area (TPSA) is 99.5 Å². The van der Waals surface area contributed by atoms with Crippen molar-refractivity contribution in [3.8, 4) is 11.5 Å². The first-order chi connectivity index (χ1) is 11.5. The summed E-state index contributed by atoms with van der Waals surface area (Å²) < 4.78 is 10.0. The summed E-state index contributed by atoms with van der Waals surface area (Å²) in [6, 6.07) is 3.78. The smallest absolute Gasteiger partial charge is 0.254 e. The first kappa shape index (κ1) is 18.0. The third-order valence-electron chi connectivity index (χ3n) is 3.73. The zero-order valence-corrected chi connectivity index (χ0v) is 13.6. The van der Waals surface area contributed by atoms with E-state index in [0.717, 1.165) is 6.07 Å². The highest BCUT2D eigenvalue weighted by Crippen LogP contribution is 2.21. The zero-order valence-electron chi connectivity index (χ0n) is 13.6. The van der Waals surface area contributed by atoms with Crippen LogP contribution in [0.5, 0.6) is 11.5 Å². The van der Waals surface area contributed by atoms with Gasteiger partial charge in [0.15, 0.2) is 0 Å². The largest absolute Gasteiger partial charge is 0.508 e. The molecule has 1 saturated heterocycles. The van der Waals surface area contributed by atoms with Crippen molar-refractivity contribution < 1.29 is 29.3 Å². The van der Waals surface area contributed by atoms with E-state index in [0.29, 0.717) is 39.4 Å². The highest BCUT2D eigenvalue weighted by Gasteiger charge is 2.25. The van der Waals surface area contributed by atoms with Crippen molar-refractivity contribution in [2.24, 2.45) is 0 Å². The van der Waals surface area contributed by atoms with Gasteiger partial charge in [0.2, 0.25) is 5.91 Å². The van der Waals surface area contributed by atoms with Crippen molar-refractivity contribution in [3.63, 3.8) is 0 Å². The highest BCUT2D eigenvalue weighted by molar-refractivity contribution is 5.95. The molecule has 1 fully saturated rings. The van der Waals surface area contributed by atoms with Crippen molar-refractivity contribution in [2.75, 3.05) is 53.1 Å². The Morgan fingerprint density at radius 3 is 2.17 bits per heavy atom. The van der Waals surface area contributed by atoms with Crippen LogP contribution in [0.1, 0.15) is 10.4 Å². The lowest BCUT2D eigenvalue weighted by molar-refractivity contribution is -0.138. The molecule has 2 amide bonds. The summed E-state index contributed by atoms with van der Waals surface area (Å²) in [5.41, 5.74) is 0.218. The molecule has 1 aliphatic heterocycles. The lowest BCUT2D eigenvalue weighted by Crippen LogP contribution is -2.51. The average molecular weight is 338 g/mol. The van der Waals surface area contributed by atoms with Crippen molar-refractivity contribution in [1.29, 1.82) is 0 Å². The van der Waals surface area contributed by atoms with Crippen LogP contribution in [-0.2, 0) is 14.3 Å². The number of aromatic hydroxyl groups is 2. The van der Waals surface area contributed by atoms with Crippen LogP contribution in [0.15, 0.2) is 18.2 Å². The molecule has 0 aromatic heterocycles. The Bertz CT molecular complexity index is 564. The normalized spacial score (nSPS) is 14.7. The van der Waals surface area contributed by atoms with Gasteiger partial charge < -0.3 is 29.5 Å². The van der Waals surface area contributed by atoms with Gasteiger partial charge in [-0.25, -0.2) is 0 Å². The fourth-order valence-corrected chi connectivity index (χ4v) is 2.45. The van der Waals surface area contributed by atoms with E-state index in [1.165, 1.54) is 12.1 Å². The van der Waals surface area contributed by atoms with Crippen LogP contribution in [0.4, 0.5) is 0 Å². The number of carbonyl (C=O) groups is 2. The number of phenolic OH excluding ortho intramolecular Hbond substituents is 2. The maximum absolute atomic E-state index is 12.4. The molecule has 1 aromatic rings. The van der Waals surface area contributed by atoms with Gasteiger partial charge in [-0.1, -0.05) is 0 Å². The molecule has 1 aliphatic rings. The van der Waals surface area contributed by atoms with Gasteiger partial charge in [0, 0.05) is 44.9 Å². The molecule has 1 heterocycles. The van der Waals surface area contributed by atoms with Crippen LogP contribution in [-0.4, -0.2) is 84.9 Å². The van der Waals surface area contributed by atoms with Gasteiger partial charge in [-0.2, -0.15) is 0 Å². The van der Waals surface area contributed by atoms with Gasteiger partial charge in [0.1, 0.15) is 18.1 Å². The third-order valence-corrected chi connectivity index (χ3v) is 3.73. The Morgan fingerprint density at radius 1 is 1.00 bits per heavy atom. The number of rotatable bonds is 6. The second-order valence-corrected chi connectivity index (χ2v) is 5.46. The molecule has 1 aromatic carbocycles. The maximum Gasteiger partial charge on any atom is 0.254 e. The van der Waals surface area contributed by atoms with Gasteiger partial charge in [-0.05, 0) is 12.1 Å². The summed E-state index contributed by atoms with van der Waals surface area (Å²) in [6.45, 7) is 2.41. The second-order valence-electron chi connectivity index (χ2n) is 5.46. The predicted molar refractivity (Wildman–Crippen MR) is 85.0 cm³/mol. The number of carbonyl (C=O) groups excluding carboxylic acids is 2. The number of methoxy groups -OCH3 is 1. The molecule has 2 rings (SSSR count). The molecule has 8 nitrogen and oxygen atoms in total. The van der Waals surface area contributed by atoms with E-state index in [4.69, 9.17) is 9.47 Å². The molecule has 24 heavy (non-hydrogen) atoms. The second kappa shape index (κ2) is 8.51. The Kier molecular flexibility index (Phi) is 6.39. The van der Waals surface area contributed by atoms with Gasteiger partial charge in [0.25, 0.3) is 5.91 Å². The van der Waals surface area contributed by atoms with Crippen LogP contribution in [0.2, 0.25) is 0 Å². The van der Waals surface area contributed by atoms with Crippen molar-refractivity contribution in [3.05, 3.63) is 23.8 Å². The number of hydrogen-bond donors (Lipinski definition) is 2. The number of piperazine rings is 1. The molecular formula is C16H22N2O6. The zero-order chi connectivity index (χ0) is 17.5. The molecule has 0 saturated carbocycles. The number of benzene rings is 1. The quantitative estimate of drug-likeness (QED) is 0.711.